The van der Waals surface area contributed by atoms with Gasteiger partial charge in [-0.1, -0.05) is 6.07 Å². The minimum absolute atomic E-state index is 0.116. The first-order valence-electron chi connectivity index (χ1n) is 6.31. The van der Waals surface area contributed by atoms with Crippen molar-refractivity contribution in [3.63, 3.8) is 0 Å². The van der Waals surface area contributed by atoms with Crippen LogP contribution in [0.3, 0.4) is 0 Å². The Hall–Kier alpha value is -1.99. The molecular formula is C12H14N4O5S3. The van der Waals surface area contributed by atoms with Gasteiger partial charge in [-0.05, 0) is 36.8 Å². The van der Waals surface area contributed by atoms with E-state index in [1.165, 1.54) is 30.3 Å². The van der Waals surface area contributed by atoms with Gasteiger partial charge in [0, 0.05) is 5.69 Å². The van der Waals surface area contributed by atoms with Gasteiger partial charge in [0.1, 0.15) is 4.21 Å². The van der Waals surface area contributed by atoms with E-state index >= 15 is 0 Å². The third-order valence-electron chi connectivity index (χ3n) is 2.76. The van der Waals surface area contributed by atoms with Crippen LogP contribution in [-0.2, 0) is 20.2 Å². The molecule has 0 radical (unpaired) electrons. The standard InChI is InChI=1S/C12H14N4O5S3/c1-7-5-10(23(13,18)19)22-11(7)12(17)15-8-3-2-4-9(6-8)16-24(14,20)21/h2-6,16H,1H3,(H,15,17)(H2,13,18,19)(H2,14,20,21). The lowest BCUT2D eigenvalue weighted by atomic mass is 10.2. The lowest BCUT2D eigenvalue weighted by Crippen LogP contribution is -2.21. The van der Waals surface area contributed by atoms with Crippen LogP contribution in [0.5, 0.6) is 0 Å². The van der Waals surface area contributed by atoms with Crippen molar-refractivity contribution in [2.24, 2.45) is 10.3 Å². The zero-order chi connectivity index (χ0) is 18.1. The van der Waals surface area contributed by atoms with Crippen molar-refractivity contribution in [1.82, 2.24) is 0 Å². The smallest absolute Gasteiger partial charge is 0.296 e. The van der Waals surface area contributed by atoms with Crippen LogP contribution in [0, 0.1) is 6.92 Å². The number of carbonyl (C=O) groups excluding carboxylic acids is 1. The summed E-state index contributed by atoms with van der Waals surface area (Å²) in [6.45, 7) is 1.58. The van der Waals surface area contributed by atoms with Crippen molar-refractivity contribution in [2.75, 3.05) is 10.0 Å². The zero-order valence-corrected chi connectivity index (χ0v) is 14.8. The third-order valence-corrected chi connectivity index (χ3v) is 5.94. The summed E-state index contributed by atoms with van der Waals surface area (Å²) in [6, 6.07) is 7.19. The van der Waals surface area contributed by atoms with Crippen molar-refractivity contribution in [2.45, 2.75) is 11.1 Å². The number of hydrogen-bond donors (Lipinski definition) is 4. The first kappa shape index (κ1) is 18.4. The van der Waals surface area contributed by atoms with Crippen LogP contribution in [0.4, 0.5) is 11.4 Å². The summed E-state index contributed by atoms with van der Waals surface area (Å²) in [7, 11) is -7.83. The molecule has 0 atom stereocenters. The van der Waals surface area contributed by atoms with E-state index in [-0.39, 0.29) is 14.8 Å². The predicted molar refractivity (Wildman–Crippen MR) is 91.6 cm³/mol. The Morgan fingerprint density at radius 3 is 2.25 bits per heavy atom. The van der Waals surface area contributed by atoms with E-state index < -0.39 is 26.1 Å². The Morgan fingerprint density at radius 1 is 1.08 bits per heavy atom. The molecule has 1 aromatic carbocycles. The lowest BCUT2D eigenvalue weighted by Gasteiger charge is -2.08. The summed E-state index contributed by atoms with van der Waals surface area (Å²) in [6.07, 6.45) is 0. The maximum Gasteiger partial charge on any atom is 0.296 e. The van der Waals surface area contributed by atoms with E-state index in [0.29, 0.717) is 11.3 Å². The highest BCUT2D eigenvalue weighted by atomic mass is 32.2. The normalized spacial score (nSPS) is 12.0. The van der Waals surface area contributed by atoms with Crippen LogP contribution in [0.2, 0.25) is 0 Å². The lowest BCUT2D eigenvalue weighted by molar-refractivity contribution is 0.103. The molecule has 0 saturated heterocycles. The summed E-state index contributed by atoms with van der Waals surface area (Å²) in [5, 5.41) is 12.5. The van der Waals surface area contributed by atoms with Crippen molar-refractivity contribution in [3.05, 3.63) is 40.8 Å². The number of amides is 1. The number of carbonyl (C=O) groups is 1. The van der Waals surface area contributed by atoms with Crippen LogP contribution in [0.1, 0.15) is 15.2 Å². The molecular weight excluding hydrogens is 376 g/mol. The molecule has 0 aliphatic carbocycles. The number of rotatable bonds is 5. The van der Waals surface area contributed by atoms with E-state index in [2.05, 4.69) is 10.0 Å². The van der Waals surface area contributed by atoms with Gasteiger partial charge in [-0.3, -0.25) is 9.52 Å². The van der Waals surface area contributed by atoms with Gasteiger partial charge in [0.2, 0.25) is 10.0 Å². The molecule has 0 bridgehead atoms. The van der Waals surface area contributed by atoms with Gasteiger partial charge < -0.3 is 5.32 Å². The molecule has 0 spiro atoms. The number of anilines is 2. The SMILES string of the molecule is Cc1cc(S(N)(=O)=O)sc1C(=O)Nc1cccc(NS(N)(=O)=O)c1. The zero-order valence-electron chi connectivity index (χ0n) is 12.3. The van der Waals surface area contributed by atoms with E-state index in [0.717, 1.165) is 11.3 Å². The maximum atomic E-state index is 12.3. The number of nitrogens with one attached hydrogen (secondary N) is 2. The van der Waals surface area contributed by atoms with Crippen molar-refractivity contribution < 1.29 is 21.6 Å². The topological polar surface area (TPSA) is 161 Å². The van der Waals surface area contributed by atoms with Crippen LogP contribution >= 0.6 is 11.3 Å². The van der Waals surface area contributed by atoms with E-state index in [9.17, 15) is 21.6 Å². The average molecular weight is 390 g/mol. The van der Waals surface area contributed by atoms with Crippen LogP contribution < -0.4 is 20.3 Å². The second kappa shape index (κ2) is 6.49. The van der Waals surface area contributed by atoms with Gasteiger partial charge in [-0.2, -0.15) is 8.42 Å². The van der Waals surface area contributed by atoms with Crippen molar-refractivity contribution in [3.8, 4) is 0 Å². The second-order valence-electron chi connectivity index (χ2n) is 4.80. The van der Waals surface area contributed by atoms with Crippen LogP contribution in [-0.4, -0.2) is 22.7 Å². The van der Waals surface area contributed by atoms with Crippen LogP contribution in [0.25, 0.3) is 0 Å². The molecule has 1 heterocycles. The Morgan fingerprint density at radius 2 is 1.71 bits per heavy atom. The largest absolute Gasteiger partial charge is 0.321 e. The molecule has 0 aliphatic rings. The first-order chi connectivity index (χ1) is 11.0. The maximum absolute atomic E-state index is 12.3. The van der Waals surface area contributed by atoms with Crippen molar-refractivity contribution >= 4 is 48.9 Å². The number of benzene rings is 1. The summed E-state index contributed by atoms with van der Waals surface area (Å²) in [5.74, 6) is -0.542. The molecule has 9 nitrogen and oxygen atoms in total. The molecule has 1 aromatic heterocycles. The van der Waals surface area contributed by atoms with Gasteiger partial charge in [0.05, 0.1) is 10.6 Å². The Kier molecular flexibility index (Phi) is 4.96. The highest BCUT2D eigenvalue weighted by molar-refractivity contribution is 7.91. The number of nitrogens with two attached hydrogens (primary N) is 2. The van der Waals surface area contributed by atoms with Gasteiger partial charge in [-0.15, -0.1) is 11.3 Å². The van der Waals surface area contributed by atoms with E-state index in [4.69, 9.17) is 10.3 Å². The number of aryl methyl sites for hydroxylation is 1. The summed E-state index contributed by atoms with van der Waals surface area (Å²) in [4.78, 5) is 12.5. The van der Waals surface area contributed by atoms with Gasteiger partial charge in [0.15, 0.2) is 0 Å². The molecule has 0 saturated carbocycles. The predicted octanol–water partition coefficient (Wildman–Crippen LogP) is 0.572. The minimum atomic E-state index is -3.94. The highest BCUT2D eigenvalue weighted by Crippen LogP contribution is 2.26. The molecule has 6 N–H and O–H groups in total. The average Bonchev–Trinajstić information content (AvgIpc) is 2.79. The van der Waals surface area contributed by atoms with Gasteiger partial charge >= 0.3 is 0 Å². The summed E-state index contributed by atoms with van der Waals surface area (Å²) < 4.78 is 46.7. The monoisotopic (exact) mass is 390 g/mol. The minimum Gasteiger partial charge on any atom is -0.321 e. The molecule has 0 aliphatic heterocycles. The fourth-order valence-electron chi connectivity index (χ4n) is 1.83. The molecule has 1 amide bonds. The van der Waals surface area contributed by atoms with Gasteiger partial charge in [0.25, 0.3) is 16.1 Å². The summed E-state index contributed by atoms with van der Waals surface area (Å²) in [5.41, 5.74) is 0.933. The quantitative estimate of drug-likeness (QED) is 0.586. The van der Waals surface area contributed by atoms with Crippen LogP contribution in [0.15, 0.2) is 34.5 Å². The number of sulfonamides is 1. The number of primary sulfonamides is 1. The van der Waals surface area contributed by atoms with Gasteiger partial charge in [-0.25, -0.2) is 18.7 Å². The number of thiophene rings is 1. The highest BCUT2D eigenvalue weighted by Gasteiger charge is 2.19. The first-order valence-corrected chi connectivity index (χ1v) is 10.2. The van der Waals surface area contributed by atoms with Crippen molar-refractivity contribution in [1.29, 1.82) is 0 Å². The Bertz CT molecular complexity index is 995. The molecule has 24 heavy (non-hydrogen) atoms. The molecule has 0 fully saturated rings. The third kappa shape index (κ3) is 4.75. The van der Waals surface area contributed by atoms with E-state index in [1.807, 2.05) is 0 Å². The molecule has 130 valence electrons. The Balaban J connectivity index is 2.24. The summed E-state index contributed by atoms with van der Waals surface area (Å²) >= 11 is 0.751. The number of hydrogen-bond acceptors (Lipinski definition) is 6. The molecule has 12 heteroatoms. The molecule has 0 unspecified atom stereocenters. The fourth-order valence-corrected chi connectivity index (χ4v) is 4.14. The second-order valence-corrected chi connectivity index (χ2v) is 8.94. The fraction of sp³-hybridized carbons (Fsp3) is 0.0833. The van der Waals surface area contributed by atoms with E-state index in [1.54, 1.807) is 6.92 Å². The molecule has 2 rings (SSSR count). The Labute approximate surface area is 142 Å². The molecule has 2 aromatic rings.